The molecule has 0 aromatic rings. The molecule has 0 amide bonds. The standard InChI is InChI=1S/C7H14N2OS/c1-7(6-8)9-4-3-5-11(2)10/h7,9H,3-5H2,1-2H3. The molecule has 0 aliphatic rings. The van der Waals surface area contributed by atoms with Gasteiger partial charge in [-0.2, -0.15) is 5.26 Å². The van der Waals surface area contributed by atoms with Crippen LogP contribution in [0.25, 0.3) is 0 Å². The number of hydrogen-bond acceptors (Lipinski definition) is 3. The topological polar surface area (TPSA) is 52.9 Å². The SMILES string of the molecule is CC(C#N)NCCCS(C)=O. The van der Waals surface area contributed by atoms with E-state index in [1.54, 1.807) is 6.26 Å². The van der Waals surface area contributed by atoms with E-state index in [9.17, 15) is 4.21 Å². The summed E-state index contributed by atoms with van der Waals surface area (Å²) in [6.45, 7) is 2.58. The molecule has 2 unspecified atom stereocenters. The smallest absolute Gasteiger partial charge is 0.0924 e. The van der Waals surface area contributed by atoms with E-state index >= 15 is 0 Å². The van der Waals surface area contributed by atoms with E-state index < -0.39 is 10.8 Å². The summed E-state index contributed by atoms with van der Waals surface area (Å²) in [5.74, 6) is 0.713. The Hall–Kier alpha value is -0.400. The van der Waals surface area contributed by atoms with Gasteiger partial charge in [-0.3, -0.25) is 4.21 Å². The molecule has 0 aromatic carbocycles. The van der Waals surface area contributed by atoms with Crippen molar-refractivity contribution >= 4 is 10.8 Å². The van der Waals surface area contributed by atoms with Gasteiger partial charge in [0.1, 0.15) is 0 Å². The lowest BCUT2D eigenvalue weighted by molar-refractivity contribution is 0.629. The number of nitrogens with zero attached hydrogens (tertiary/aromatic N) is 1. The van der Waals surface area contributed by atoms with Gasteiger partial charge in [-0.1, -0.05) is 0 Å². The first-order valence-corrected chi connectivity index (χ1v) is 5.32. The molecule has 0 aromatic heterocycles. The second kappa shape index (κ2) is 6.32. The first-order valence-electron chi connectivity index (χ1n) is 3.60. The van der Waals surface area contributed by atoms with Crippen molar-refractivity contribution in [1.29, 1.82) is 5.26 Å². The van der Waals surface area contributed by atoms with Gasteiger partial charge >= 0.3 is 0 Å². The summed E-state index contributed by atoms with van der Waals surface area (Å²) in [5, 5.41) is 11.4. The molecular formula is C7H14N2OS. The fourth-order valence-corrected chi connectivity index (χ4v) is 1.19. The van der Waals surface area contributed by atoms with Crippen LogP contribution in [0.1, 0.15) is 13.3 Å². The molecular weight excluding hydrogens is 160 g/mol. The fourth-order valence-electron chi connectivity index (χ4n) is 0.640. The molecule has 0 spiro atoms. The zero-order valence-electron chi connectivity index (χ0n) is 6.96. The summed E-state index contributed by atoms with van der Waals surface area (Å²) >= 11 is 0. The molecule has 0 saturated carbocycles. The van der Waals surface area contributed by atoms with Crippen LogP contribution >= 0.6 is 0 Å². The lowest BCUT2D eigenvalue weighted by Gasteiger charge is -2.03. The fraction of sp³-hybridized carbons (Fsp3) is 0.857. The molecule has 2 atom stereocenters. The molecule has 0 radical (unpaired) electrons. The van der Waals surface area contributed by atoms with Crippen molar-refractivity contribution < 1.29 is 4.21 Å². The highest BCUT2D eigenvalue weighted by molar-refractivity contribution is 7.84. The Morgan fingerprint density at radius 2 is 2.36 bits per heavy atom. The van der Waals surface area contributed by atoms with Crippen LogP contribution in [-0.2, 0) is 10.8 Å². The van der Waals surface area contributed by atoms with E-state index in [1.165, 1.54) is 0 Å². The third-order valence-electron chi connectivity index (χ3n) is 1.25. The number of rotatable bonds is 5. The van der Waals surface area contributed by atoms with E-state index in [4.69, 9.17) is 5.26 Å². The third-order valence-corrected chi connectivity index (χ3v) is 2.12. The van der Waals surface area contributed by atoms with Gasteiger partial charge in [0.15, 0.2) is 0 Å². The maximum atomic E-state index is 10.6. The van der Waals surface area contributed by atoms with Gasteiger partial charge in [-0.05, 0) is 19.9 Å². The Balaban J connectivity index is 3.16. The molecule has 0 heterocycles. The van der Waals surface area contributed by atoms with E-state index in [0.717, 1.165) is 13.0 Å². The van der Waals surface area contributed by atoms with Crippen molar-refractivity contribution in [1.82, 2.24) is 5.32 Å². The van der Waals surface area contributed by atoms with E-state index in [0.29, 0.717) is 5.75 Å². The third kappa shape index (κ3) is 7.50. The highest BCUT2D eigenvalue weighted by Gasteiger charge is 1.96. The van der Waals surface area contributed by atoms with Crippen molar-refractivity contribution in [2.45, 2.75) is 19.4 Å². The van der Waals surface area contributed by atoms with Crippen LogP contribution in [0.15, 0.2) is 0 Å². The Morgan fingerprint density at radius 3 is 2.82 bits per heavy atom. The summed E-state index contributed by atoms with van der Waals surface area (Å²) in [5.41, 5.74) is 0. The highest BCUT2D eigenvalue weighted by Crippen LogP contribution is 1.83. The minimum absolute atomic E-state index is 0.0970. The maximum Gasteiger partial charge on any atom is 0.0924 e. The minimum atomic E-state index is -0.705. The van der Waals surface area contributed by atoms with Crippen molar-refractivity contribution in [2.75, 3.05) is 18.6 Å². The first kappa shape index (κ1) is 10.6. The van der Waals surface area contributed by atoms with Crippen LogP contribution < -0.4 is 5.32 Å². The summed E-state index contributed by atoms with van der Waals surface area (Å²) in [6, 6.07) is 1.97. The predicted molar refractivity (Wildman–Crippen MR) is 46.6 cm³/mol. The summed E-state index contributed by atoms with van der Waals surface area (Å²) in [6.07, 6.45) is 2.56. The quantitative estimate of drug-likeness (QED) is 0.608. The zero-order chi connectivity index (χ0) is 8.69. The minimum Gasteiger partial charge on any atom is -0.302 e. The van der Waals surface area contributed by atoms with Gasteiger partial charge in [-0.25, -0.2) is 0 Å². The van der Waals surface area contributed by atoms with Crippen molar-refractivity contribution in [3.63, 3.8) is 0 Å². The summed E-state index contributed by atoms with van der Waals surface area (Å²) in [4.78, 5) is 0. The summed E-state index contributed by atoms with van der Waals surface area (Å²) < 4.78 is 10.6. The van der Waals surface area contributed by atoms with Gasteiger partial charge in [0.2, 0.25) is 0 Å². The summed E-state index contributed by atoms with van der Waals surface area (Å²) in [7, 11) is -0.705. The number of nitrogens with one attached hydrogen (secondary N) is 1. The molecule has 3 nitrogen and oxygen atoms in total. The van der Waals surface area contributed by atoms with Crippen molar-refractivity contribution in [2.24, 2.45) is 0 Å². The van der Waals surface area contributed by atoms with Gasteiger partial charge in [-0.15, -0.1) is 0 Å². The average Bonchev–Trinajstić information content (AvgIpc) is 1.97. The lowest BCUT2D eigenvalue weighted by atomic mass is 10.3. The van der Waals surface area contributed by atoms with Crippen LogP contribution in [0.4, 0.5) is 0 Å². The van der Waals surface area contributed by atoms with Crippen LogP contribution in [0, 0.1) is 11.3 Å². The Bertz CT molecular complexity index is 164. The van der Waals surface area contributed by atoms with Gasteiger partial charge in [0.05, 0.1) is 12.1 Å². The predicted octanol–water partition coefficient (Wildman–Crippen LogP) is 0.257. The van der Waals surface area contributed by atoms with Gasteiger partial charge < -0.3 is 5.32 Å². The van der Waals surface area contributed by atoms with Crippen LogP contribution in [0.5, 0.6) is 0 Å². The molecule has 0 rings (SSSR count). The first-order chi connectivity index (χ1) is 5.16. The van der Waals surface area contributed by atoms with Crippen LogP contribution in [0.2, 0.25) is 0 Å². The number of hydrogen-bond donors (Lipinski definition) is 1. The van der Waals surface area contributed by atoms with Crippen LogP contribution in [-0.4, -0.2) is 28.8 Å². The Kier molecular flexibility index (Phi) is 6.09. The van der Waals surface area contributed by atoms with Crippen LogP contribution in [0.3, 0.4) is 0 Å². The van der Waals surface area contributed by atoms with E-state index in [1.807, 2.05) is 6.92 Å². The molecule has 0 fully saturated rings. The largest absolute Gasteiger partial charge is 0.302 e. The molecule has 4 heteroatoms. The highest BCUT2D eigenvalue weighted by atomic mass is 32.2. The van der Waals surface area contributed by atoms with E-state index in [-0.39, 0.29) is 6.04 Å². The second-order valence-corrected chi connectivity index (χ2v) is 3.99. The zero-order valence-corrected chi connectivity index (χ0v) is 7.78. The lowest BCUT2D eigenvalue weighted by Crippen LogP contribution is -2.26. The molecule has 0 bridgehead atoms. The molecule has 0 aliphatic carbocycles. The van der Waals surface area contributed by atoms with Crippen molar-refractivity contribution in [3.05, 3.63) is 0 Å². The van der Waals surface area contributed by atoms with Gasteiger partial charge in [0.25, 0.3) is 0 Å². The van der Waals surface area contributed by atoms with Gasteiger partial charge in [0, 0.05) is 22.8 Å². The number of nitriles is 1. The Labute approximate surface area is 70.2 Å². The molecule has 0 aliphatic heterocycles. The van der Waals surface area contributed by atoms with E-state index in [2.05, 4.69) is 11.4 Å². The molecule has 11 heavy (non-hydrogen) atoms. The van der Waals surface area contributed by atoms with Crippen molar-refractivity contribution in [3.8, 4) is 6.07 Å². The molecule has 0 saturated heterocycles. The second-order valence-electron chi connectivity index (χ2n) is 2.44. The Morgan fingerprint density at radius 1 is 1.73 bits per heavy atom. The average molecular weight is 174 g/mol. The monoisotopic (exact) mass is 174 g/mol. The molecule has 1 N–H and O–H groups in total. The molecule has 64 valence electrons. The normalized spacial score (nSPS) is 15.4. The maximum absolute atomic E-state index is 10.6.